The number of benzene rings is 1. The molecule has 0 saturated heterocycles. The summed E-state index contributed by atoms with van der Waals surface area (Å²) in [5.41, 5.74) is 2.11. The van der Waals surface area contributed by atoms with E-state index in [9.17, 15) is 14.4 Å². The van der Waals surface area contributed by atoms with Crippen LogP contribution in [0.2, 0.25) is 0 Å². The highest BCUT2D eigenvalue weighted by Gasteiger charge is 2.32. The minimum absolute atomic E-state index is 0.0797. The van der Waals surface area contributed by atoms with Crippen LogP contribution in [0.1, 0.15) is 36.4 Å². The van der Waals surface area contributed by atoms with Gasteiger partial charge in [0.25, 0.3) is 0 Å². The number of carbonyl (C=O) groups excluding carboxylic acids is 2. The molecule has 1 aliphatic heterocycles. The molecule has 0 aliphatic carbocycles. The van der Waals surface area contributed by atoms with Gasteiger partial charge >= 0.3 is 0 Å². The largest absolute Gasteiger partial charge is 0.350 e. The number of nitrogens with one attached hydrogen (secondary N) is 3. The Morgan fingerprint density at radius 1 is 1.26 bits per heavy atom. The first kappa shape index (κ1) is 15.0. The second-order valence-electron chi connectivity index (χ2n) is 5.61. The monoisotopic (exact) mass is 311 g/mol. The smallest absolute Gasteiger partial charge is 0.248 e. The summed E-state index contributed by atoms with van der Waals surface area (Å²) in [5, 5.41) is 5.61. The van der Waals surface area contributed by atoms with Gasteiger partial charge < -0.3 is 15.6 Å². The number of H-pyrrole nitrogens is 1. The van der Waals surface area contributed by atoms with E-state index in [1.807, 2.05) is 24.3 Å². The first-order valence-electron chi connectivity index (χ1n) is 7.42. The van der Waals surface area contributed by atoms with Gasteiger partial charge in [-0.05, 0) is 30.2 Å². The second-order valence-corrected chi connectivity index (χ2v) is 5.61. The Bertz CT molecular complexity index is 812. The molecule has 23 heavy (non-hydrogen) atoms. The highest BCUT2D eigenvalue weighted by atomic mass is 16.2. The van der Waals surface area contributed by atoms with E-state index in [-0.39, 0.29) is 29.8 Å². The molecule has 2 amide bonds. The molecule has 6 nitrogen and oxygen atoms in total. The molecule has 118 valence electrons. The Hall–Kier alpha value is -2.89. The average molecular weight is 311 g/mol. The van der Waals surface area contributed by atoms with Crippen LogP contribution in [0.25, 0.3) is 0 Å². The van der Waals surface area contributed by atoms with Crippen molar-refractivity contribution in [2.45, 2.75) is 25.3 Å². The molecule has 3 rings (SSSR count). The zero-order valence-corrected chi connectivity index (χ0v) is 12.6. The van der Waals surface area contributed by atoms with Crippen LogP contribution in [0.5, 0.6) is 0 Å². The minimum Gasteiger partial charge on any atom is -0.350 e. The summed E-state index contributed by atoms with van der Waals surface area (Å²) in [5.74, 6) is -0.864. The number of pyridine rings is 1. The zero-order chi connectivity index (χ0) is 16.4. The summed E-state index contributed by atoms with van der Waals surface area (Å²) >= 11 is 0. The fraction of sp³-hybridized carbons (Fsp3) is 0.235. The molecule has 1 aromatic carbocycles. The number of hydrogen-bond donors (Lipinski definition) is 3. The average Bonchev–Trinajstić information content (AvgIpc) is 2.83. The molecule has 0 radical (unpaired) electrons. The first-order chi connectivity index (χ1) is 11.0. The predicted molar refractivity (Wildman–Crippen MR) is 86.1 cm³/mol. The van der Waals surface area contributed by atoms with E-state index >= 15 is 0 Å². The number of fused-ring (bicyclic) bond motifs is 1. The van der Waals surface area contributed by atoms with Gasteiger partial charge in [0.05, 0.1) is 12.0 Å². The van der Waals surface area contributed by atoms with Crippen LogP contribution in [0, 0.1) is 0 Å². The van der Waals surface area contributed by atoms with E-state index in [0.717, 1.165) is 16.8 Å². The highest BCUT2D eigenvalue weighted by molar-refractivity contribution is 6.04. The van der Waals surface area contributed by atoms with Crippen molar-refractivity contribution in [3.05, 3.63) is 64.1 Å². The van der Waals surface area contributed by atoms with Crippen LogP contribution in [-0.4, -0.2) is 16.8 Å². The number of rotatable bonds is 4. The van der Waals surface area contributed by atoms with Gasteiger partial charge in [-0.3, -0.25) is 14.4 Å². The lowest BCUT2D eigenvalue weighted by molar-refractivity contribution is -0.125. The quantitative estimate of drug-likeness (QED) is 0.802. The normalized spacial score (nSPS) is 17.3. The number of hydrogen-bond acceptors (Lipinski definition) is 3. The Balaban J connectivity index is 1.68. The SMILES string of the molecule is CC(NC(=O)CC1C(=O)Nc2ccccc21)c1cc[nH]c(=O)c1. The van der Waals surface area contributed by atoms with Crippen molar-refractivity contribution in [3.63, 3.8) is 0 Å². The highest BCUT2D eigenvalue weighted by Crippen LogP contribution is 2.34. The van der Waals surface area contributed by atoms with Crippen LogP contribution in [-0.2, 0) is 9.59 Å². The third kappa shape index (κ3) is 3.15. The second kappa shape index (κ2) is 6.08. The van der Waals surface area contributed by atoms with Crippen LogP contribution < -0.4 is 16.2 Å². The Kier molecular flexibility index (Phi) is 3.97. The van der Waals surface area contributed by atoms with E-state index in [0.29, 0.717) is 0 Å². The summed E-state index contributed by atoms with van der Waals surface area (Å²) < 4.78 is 0. The van der Waals surface area contributed by atoms with E-state index in [4.69, 9.17) is 0 Å². The predicted octanol–water partition coefficient (Wildman–Crippen LogP) is 1.68. The van der Waals surface area contributed by atoms with Crippen LogP contribution in [0.3, 0.4) is 0 Å². The van der Waals surface area contributed by atoms with E-state index in [2.05, 4.69) is 15.6 Å². The fourth-order valence-corrected chi connectivity index (χ4v) is 2.78. The van der Waals surface area contributed by atoms with Gasteiger partial charge in [-0.25, -0.2) is 0 Å². The van der Waals surface area contributed by atoms with Crippen molar-refractivity contribution in [1.82, 2.24) is 10.3 Å². The molecule has 2 unspecified atom stereocenters. The Morgan fingerprint density at radius 3 is 2.83 bits per heavy atom. The van der Waals surface area contributed by atoms with Gasteiger partial charge in [-0.1, -0.05) is 18.2 Å². The van der Waals surface area contributed by atoms with Crippen LogP contribution in [0.15, 0.2) is 47.4 Å². The van der Waals surface area contributed by atoms with Crippen molar-refractivity contribution in [2.24, 2.45) is 0 Å². The fourth-order valence-electron chi connectivity index (χ4n) is 2.78. The molecule has 6 heteroatoms. The summed E-state index contributed by atoms with van der Waals surface area (Å²) in [6.45, 7) is 1.80. The van der Waals surface area contributed by atoms with Crippen molar-refractivity contribution in [3.8, 4) is 0 Å². The molecule has 1 aliphatic rings. The summed E-state index contributed by atoms with van der Waals surface area (Å²) in [7, 11) is 0. The van der Waals surface area contributed by atoms with E-state index in [1.54, 1.807) is 19.2 Å². The lowest BCUT2D eigenvalue weighted by Crippen LogP contribution is -2.30. The maximum Gasteiger partial charge on any atom is 0.248 e. The van der Waals surface area contributed by atoms with Crippen molar-refractivity contribution < 1.29 is 9.59 Å². The minimum atomic E-state index is -0.474. The maximum absolute atomic E-state index is 12.2. The van der Waals surface area contributed by atoms with Gasteiger partial charge in [-0.15, -0.1) is 0 Å². The maximum atomic E-state index is 12.2. The summed E-state index contributed by atoms with van der Waals surface area (Å²) in [6.07, 6.45) is 1.62. The molecular formula is C17H17N3O3. The summed E-state index contributed by atoms with van der Waals surface area (Å²) in [6, 6.07) is 10.3. The third-order valence-corrected chi connectivity index (χ3v) is 3.98. The topological polar surface area (TPSA) is 91.1 Å². The molecule has 0 bridgehead atoms. The van der Waals surface area contributed by atoms with Crippen LogP contribution in [0.4, 0.5) is 5.69 Å². The number of aromatic nitrogens is 1. The van der Waals surface area contributed by atoms with Crippen molar-refractivity contribution in [2.75, 3.05) is 5.32 Å². The van der Waals surface area contributed by atoms with Crippen LogP contribution >= 0.6 is 0 Å². The molecule has 0 spiro atoms. The van der Waals surface area contributed by atoms with Gasteiger partial charge in [0.15, 0.2) is 0 Å². The molecule has 2 aromatic rings. The summed E-state index contributed by atoms with van der Waals surface area (Å²) in [4.78, 5) is 38.1. The van der Waals surface area contributed by atoms with Gasteiger partial charge in [-0.2, -0.15) is 0 Å². The first-order valence-corrected chi connectivity index (χ1v) is 7.42. The zero-order valence-electron chi connectivity index (χ0n) is 12.6. The number of aromatic amines is 1. The Labute approximate surface area is 132 Å². The Morgan fingerprint density at radius 2 is 2.04 bits per heavy atom. The number of para-hydroxylation sites is 1. The molecule has 3 N–H and O–H groups in total. The molecule has 2 heterocycles. The van der Waals surface area contributed by atoms with E-state index in [1.165, 1.54) is 6.07 Å². The molecule has 0 fully saturated rings. The molecular weight excluding hydrogens is 294 g/mol. The molecule has 1 aromatic heterocycles. The molecule has 0 saturated carbocycles. The lowest BCUT2D eigenvalue weighted by atomic mass is 9.96. The molecule has 2 atom stereocenters. The number of carbonyl (C=O) groups is 2. The van der Waals surface area contributed by atoms with Crippen molar-refractivity contribution in [1.29, 1.82) is 0 Å². The van der Waals surface area contributed by atoms with Crippen molar-refractivity contribution >= 4 is 17.5 Å². The third-order valence-electron chi connectivity index (χ3n) is 3.98. The number of anilines is 1. The van der Waals surface area contributed by atoms with E-state index < -0.39 is 5.92 Å². The number of amides is 2. The lowest BCUT2D eigenvalue weighted by Gasteiger charge is -2.15. The van der Waals surface area contributed by atoms with Gasteiger partial charge in [0.1, 0.15) is 0 Å². The van der Waals surface area contributed by atoms with Gasteiger partial charge in [0.2, 0.25) is 17.4 Å². The standard InChI is InChI=1S/C17H17N3O3/c1-10(11-6-7-18-15(21)8-11)19-16(22)9-13-12-4-2-3-5-14(12)20-17(13)23/h2-8,10,13H,9H2,1H3,(H,18,21)(H,19,22)(H,20,23). The van der Waals surface area contributed by atoms with Gasteiger partial charge in [0, 0.05) is 24.4 Å².